The van der Waals surface area contributed by atoms with E-state index in [1.165, 1.54) is 128 Å². The number of phosphoric acid groups is 1. The van der Waals surface area contributed by atoms with Crippen LogP contribution in [0.5, 0.6) is 0 Å². The quantitative estimate of drug-likeness (QED) is 0.0251. The van der Waals surface area contributed by atoms with Crippen molar-refractivity contribution in [3.63, 3.8) is 0 Å². The first-order chi connectivity index (χ1) is 19.7. The summed E-state index contributed by atoms with van der Waals surface area (Å²) >= 11 is 0. The average molecular weight is 611 g/mol. The highest BCUT2D eigenvalue weighted by atomic mass is 31.2. The van der Waals surface area contributed by atoms with Gasteiger partial charge in [0.15, 0.2) is 0 Å². The lowest BCUT2D eigenvalue weighted by atomic mass is 10.0. The molecule has 0 aliphatic rings. The molecule has 0 spiro atoms. The lowest BCUT2D eigenvalue weighted by Crippen LogP contribution is -2.37. The van der Waals surface area contributed by atoms with Gasteiger partial charge in [0.05, 0.1) is 34.4 Å². The third kappa shape index (κ3) is 32.7. The van der Waals surface area contributed by atoms with E-state index in [9.17, 15) is 9.46 Å². The third-order valence-electron chi connectivity index (χ3n) is 7.54. The van der Waals surface area contributed by atoms with Gasteiger partial charge in [-0.15, -0.1) is 0 Å². The van der Waals surface area contributed by atoms with Crippen molar-refractivity contribution in [2.45, 2.75) is 154 Å². The molecule has 0 rings (SSSR count). The van der Waals surface area contributed by atoms with Crippen LogP contribution >= 0.6 is 7.82 Å². The Labute approximate surface area is 254 Å². The number of phosphoric ester groups is 1. The first-order valence-corrected chi connectivity index (χ1v) is 18.5. The predicted molar refractivity (Wildman–Crippen MR) is 170 cm³/mol. The minimum atomic E-state index is -4.19. The fourth-order valence-electron chi connectivity index (χ4n) is 4.78. The number of unbranched alkanes of at least 4 members (excludes halogenated alkanes) is 21. The van der Waals surface area contributed by atoms with Gasteiger partial charge in [-0.1, -0.05) is 142 Å². The number of quaternary nitrogens is 1. The highest BCUT2D eigenvalue weighted by Gasteiger charge is 2.25. The standard InChI is InChI=1S/C32H68NO7P/c1-5-6-7-8-9-10-11-12-13-14-15-16-17-18-19-20-21-22-23-24-25-26-28-37-30-32(40-34)31-39-41(35,36)38-29-27-33(2,3)4/h32H,5-31H2,1-4H3,(H-,34,35,36)/p+1/t32-/m1/s1. The van der Waals surface area contributed by atoms with Crippen LogP contribution in [0.1, 0.15) is 148 Å². The molecule has 248 valence electrons. The van der Waals surface area contributed by atoms with Crippen LogP contribution < -0.4 is 0 Å². The highest BCUT2D eigenvalue weighted by Crippen LogP contribution is 2.43. The Morgan fingerprint density at radius 1 is 0.585 bits per heavy atom. The lowest BCUT2D eigenvalue weighted by molar-refractivity contribution is -0.870. The minimum absolute atomic E-state index is 0.0919. The molecule has 0 aromatic rings. The van der Waals surface area contributed by atoms with E-state index in [0.717, 1.165) is 12.8 Å². The van der Waals surface area contributed by atoms with Crippen LogP contribution in [0.3, 0.4) is 0 Å². The molecule has 8 nitrogen and oxygen atoms in total. The van der Waals surface area contributed by atoms with Crippen LogP contribution in [0.4, 0.5) is 0 Å². The van der Waals surface area contributed by atoms with Crippen LogP contribution in [-0.2, 0) is 23.2 Å². The fraction of sp³-hybridized carbons (Fsp3) is 1.00. The molecular weight excluding hydrogens is 541 g/mol. The maximum Gasteiger partial charge on any atom is 0.472 e. The van der Waals surface area contributed by atoms with Gasteiger partial charge in [-0.05, 0) is 6.42 Å². The molecule has 0 aliphatic carbocycles. The molecule has 0 fully saturated rings. The summed E-state index contributed by atoms with van der Waals surface area (Å²) in [6, 6.07) is 0. The van der Waals surface area contributed by atoms with Gasteiger partial charge in [0, 0.05) is 6.61 Å². The Bertz CT molecular complexity index is 589. The Morgan fingerprint density at radius 2 is 0.976 bits per heavy atom. The second-order valence-electron chi connectivity index (χ2n) is 12.8. The largest absolute Gasteiger partial charge is 0.472 e. The van der Waals surface area contributed by atoms with Gasteiger partial charge in [0.1, 0.15) is 19.3 Å². The highest BCUT2D eigenvalue weighted by molar-refractivity contribution is 7.47. The van der Waals surface area contributed by atoms with Gasteiger partial charge < -0.3 is 14.1 Å². The maximum atomic E-state index is 11.9. The van der Waals surface area contributed by atoms with Gasteiger partial charge in [-0.3, -0.25) is 14.3 Å². The first kappa shape index (κ1) is 41.0. The summed E-state index contributed by atoms with van der Waals surface area (Å²) in [5, 5.41) is 9.01. The summed E-state index contributed by atoms with van der Waals surface area (Å²) in [5.74, 6) is 0. The number of hydrogen-bond donors (Lipinski definition) is 2. The number of nitrogens with zero attached hydrogens (tertiary/aromatic N) is 1. The number of hydrogen-bond acceptors (Lipinski definition) is 6. The van der Waals surface area contributed by atoms with Crippen LogP contribution in [0.2, 0.25) is 0 Å². The normalized spacial score (nSPS) is 14.4. The van der Waals surface area contributed by atoms with Gasteiger partial charge >= 0.3 is 7.82 Å². The minimum Gasteiger partial charge on any atom is -0.379 e. The summed E-state index contributed by atoms with van der Waals surface area (Å²) in [7, 11) is 1.69. The summed E-state index contributed by atoms with van der Waals surface area (Å²) in [5.41, 5.74) is 0. The molecule has 0 heterocycles. The molecule has 2 atom stereocenters. The van der Waals surface area contributed by atoms with E-state index in [4.69, 9.17) is 19.0 Å². The van der Waals surface area contributed by atoms with Gasteiger partial charge in [0.2, 0.25) is 0 Å². The molecule has 9 heteroatoms. The molecule has 0 saturated heterocycles. The zero-order valence-electron chi connectivity index (χ0n) is 27.5. The van der Waals surface area contributed by atoms with E-state index in [-0.39, 0.29) is 19.8 Å². The monoisotopic (exact) mass is 610 g/mol. The summed E-state index contributed by atoms with van der Waals surface area (Å²) in [4.78, 5) is 14.1. The average Bonchev–Trinajstić information content (AvgIpc) is 2.91. The Balaban J connectivity index is 3.38. The Hall–Kier alpha value is -0.0500. The Morgan fingerprint density at radius 3 is 1.34 bits per heavy atom. The predicted octanol–water partition coefficient (Wildman–Crippen LogP) is 9.30. The topological polar surface area (TPSA) is 94.5 Å². The number of likely N-dealkylation sites (N-methyl/N-ethyl adjacent to an activating group) is 1. The second-order valence-corrected chi connectivity index (χ2v) is 14.3. The van der Waals surface area contributed by atoms with Crippen LogP contribution in [0.15, 0.2) is 0 Å². The fourth-order valence-corrected chi connectivity index (χ4v) is 5.52. The zero-order chi connectivity index (χ0) is 30.5. The van der Waals surface area contributed by atoms with E-state index in [1.54, 1.807) is 0 Å². The molecule has 0 bridgehead atoms. The number of rotatable bonds is 33. The van der Waals surface area contributed by atoms with Crippen LogP contribution in [-0.4, -0.2) is 74.9 Å². The van der Waals surface area contributed by atoms with Crippen molar-refractivity contribution in [3.05, 3.63) is 0 Å². The van der Waals surface area contributed by atoms with E-state index in [2.05, 4.69) is 11.8 Å². The number of ether oxygens (including phenoxy) is 1. The molecule has 0 amide bonds. The van der Waals surface area contributed by atoms with Gasteiger partial charge in [0.25, 0.3) is 0 Å². The molecule has 0 aromatic heterocycles. The summed E-state index contributed by atoms with van der Waals surface area (Å²) in [6.07, 6.45) is 29.1. The molecule has 0 aromatic carbocycles. The molecule has 0 saturated carbocycles. The lowest BCUT2D eigenvalue weighted by Gasteiger charge is -2.24. The first-order valence-electron chi connectivity index (χ1n) is 17.0. The van der Waals surface area contributed by atoms with Gasteiger partial charge in [-0.25, -0.2) is 9.45 Å². The van der Waals surface area contributed by atoms with E-state index in [1.807, 2.05) is 21.1 Å². The molecule has 1 unspecified atom stereocenters. The molecule has 0 radical (unpaired) electrons. The van der Waals surface area contributed by atoms with Crippen molar-refractivity contribution in [1.82, 2.24) is 0 Å². The third-order valence-corrected chi connectivity index (χ3v) is 8.52. The SMILES string of the molecule is CCCCCCCCCCCCCCCCCCCCCCCCOC[C@H](COP(=O)(O)OCC[N+](C)(C)C)OO. The van der Waals surface area contributed by atoms with Crippen molar-refractivity contribution in [3.8, 4) is 0 Å². The molecule has 41 heavy (non-hydrogen) atoms. The zero-order valence-corrected chi connectivity index (χ0v) is 28.4. The molecular formula is C32H69NO7P+. The maximum absolute atomic E-state index is 11.9. The molecule has 0 aliphatic heterocycles. The van der Waals surface area contributed by atoms with Crippen molar-refractivity contribution >= 4 is 7.82 Å². The van der Waals surface area contributed by atoms with E-state index >= 15 is 0 Å². The van der Waals surface area contributed by atoms with E-state index in [0.29, 0.717) is 17.6 Å². The van der Waals surface area contributed by atoms with Crippen LogP contribution in [0.25, 0.3) is 0 Å². The molecule has 2 N–H and O–H groups in total. The second kappa shape index (κ2) is 28.7. The smallest absolute Gasteiger partial charge is 0.379 e. The van der Waals surface area contributed by atoms with Gasteiger partial charge in [-0.2, -0.15) is 0 Å². The van der Waals surface area contributed by atoms with E-state index < -0.39 is 13.9 Å². The summed E-state index contributed by atoms with van der Waals surface area (Å²) < 4.78 is 28.0. The van der Waals surface area contributed by atoms with Crippen molar-refractivity contribution in [2.24, 2.45) is 0 Å². The van der Waals surface area contributed by atoms with Crippen molar-refractivity contribution < 1.29 is 37.9 Å². The van der Waals surface area contributed by atoms with Crippen molar-refractivity contribution in [1.29, 1.82) is 0 Å². The summed E-state index contributed by atoms with van der Waals surface area (Å²) in [6.45, 7) is 3.32. The Kier molecular flexibility index (Phi) is 28.7. The van der Waals surface area contributed by atoms with Crippen LogP contribution in [0, 0.1) is 0 Å². The van der Waals surface area contributed by atoms with Crippen molar-refractivity contribution in [2.75, 3.05) is 54.1 Å².